The minimum atomic E-state index is -4.63. The highest BCUT2D eigenvalue weighted by molar-refractivity contribution is 6.32. The second-order valence-electron chi connectivity index (χ2n) is 8.31. The Hall–Kier alpha value is -2.53. The summed E-state index contributed by atoms with van der Waals surface area (Å²) in [5, 5.41) is 15.8. The van der Waals surface area contributed by atoms with Crippen molar-refractivity contribution in [1.82, 2.24) is 30.0 Å². The molecule has 13 heteroatoms. The van der Waals surface area contributed by atoms with E-state index in [1.807, 2.05) is 12.1 Å². The minimum absolute atomic E-state index is 0.115. The minimum Gasteiger partial charge on any atom is -0.495 e. The number of benzene rings is 1. The molecule has 3 heterocycles. The molecule has 0 amide bonds. The largest absolute Gasteiger partial charge is 0.495 e. The molecule has 2 aromatic heterocycles. The maximum Gasteiger partial charge on any atom is 0.436 e. The lowest BCUT2D eigenvalue weighted by Gasteiger charge is -2.37. The number of anilines is 1. The summed E-state index contributed by atoms with van der Waals surface area (Å²) in [6.07, 6.45) is -3.05. The molecule has 1 atom stereocenters. The summed E-state index contributed by atoms with van der Waals surface area (Å²) in [5.41, 5.74) is 0.181. The summed E-state index contributed by atoms with van der Waals surface area (Å²) < 4.78 is 48.3. The molecule has 1 saturated heterocycles. The van der Waals surface area contributed by atoms with Gasteiger partial charge in [0.05, 0.1) is 35.4 Å². The van der Waals surface area contributed by atoms with Crippen molar-refractivity contribution in [2.45, 2.75) is 45.5 Å². The monoisotopic (exact) mass is 517 g/mol. The Morgan fingerprint density at radius 2 is 1.88 bits per heavy atom. The number of aryl methyl sites for hydroxylation is 1. The molecule has 0 saturated carbocycles. The number of tetrazole rings is 1. The van der Waals surface area contributed by atoms with Crippen LogP contribution in [-0.4, -0.2) is 50.2 Å². The molecule has 0 bridgehead atoms. The van der Waals surface area contributed by atoms with E-state index in [1.165, 1.54) is 11.6 Å². The number of alkyl halides is 3. The number of aromatic nitrogens is 6. The van der Waals surface area contributed by atoms with Crippen molar-refractivity contribution in [1.29, 1.82) is 0 Å². The van der Waals surface area contributed by atoms with Gasteiger partial charge in [-0.3, -0.25) is 4.68 Å². The molecule has 4 rings (SSSR count). The average molecular weight is 518 g/mol. The van der Waals surface area contributed by atoms with Crippen LogP contribution in [0.15, 0.2) is 18.2 Å². The van der Waals surface area contributed by atoms with Crippen LogP contribution in [0.25, 0.3) is 0 Å². The number of halogens is 5. The smallest absolute Gasteiger partial charge is 0.436 e. The summed E-state index contributed by atoms with van der Waals surface area (Å²) in [7, 11) is 1.57. The third kappa shape index (κ3) is 4.81. The fourth-order valence-corrected chi connectivity index (χ4v) is 4.86. The first-order valence-corrected chi connectivity index (χ1v) is 11.5. The van der Waals surface area contributed by atoms with Crippen molar-refractivity contribution >= 4 is 28.9 Å². The first kappa shape index (κ1) is 24.6. The van der Waals surface area contributed by atoms with Crippen molar-refractivity contribution in [3.05, 3.63) is 45.5 Å². The van der Waals surface area contributed by atoms with Gasteiger partial charge in [0.25, 0.3) is 0 Å². The molecule has 3 aromatic rings. The third-order valence-corrected chi connectivity index (χ3v) is 7.08. The lowest BCUT2D eigenvalue weighted by Crippen LogP contribution is -2.38. The van der Waals surface area contributed by atoms with Crippen LogP contribution < -0.4 is 9.64 Å². The van der Waals surface area contributed by atoms with Crippen molar-refractivity contribution in [3.63, 3.8) is 0 Å². The van der Waals surface area contributed by atoms with E-state index in [0.29, 0.717) is 16.6 Å². The third-order valence-electron chi connectivity index (χ3n) is 6.32. The molecule has 1 fully saturated rings. The van der Waals surface area contributed by atoms with Gasteiger partial charge in [0, 0.05) is 24.8 Å². The summed E-state index contributed by atoms with van der Waals surface area (Å²) in [6.45, 7) is 4.98. The van der Waals surface area contributed by atoms with Gasteiger partial charge in [-0.1, -0.05) is 23.2 Å². The van der Waals surface area contributed by atoms with Crippen LogP contribution >= 0.6 is 23.2 Å². The fraction of sp³-hybridized carbons (Fsp3) is 0.524. The highest BCUT2D eigenvalue weighted by Gasteiger charge is 2.39. The van der Waals surface area contributed by atoms with Crippen molar-refractivity contribution < 1.29 is 17.9 Å². The predicted molar refractivity (Wildman–Crippen MR) is 122 cm³/mol. The molecule has 1 unspecified atom stereocenters. The number of ether oxygens (including phenoxy) is 1. The lowest BCUT2D eigenvalue weighted by molar-refractivity contribution is -0.141. The zero-order valence-corrected chi connectivity index (χ0v) is 20.4. The predicted octanol–water partition coefficient (Wildman–Crippen LogP) is 4.98. The van der Waals surface area contributed by atoms with Crippen LogP contribution in [0.3, 0.4) is 0 Å². The summed E-state index contributed by atoms with van der Waals surface area (Å²) >= 11 is 12.1. The van der Waals surface area contributed by atoms with Gasteiger partial charge in [0.1, 0.15) is 11.6 Å². The van der Waals surface area contributed by atoms with Crippen LogP contribution in [-0.2, 0) is 12.7 Å². The molecular formula is C21H24Cl2F3N7O. The molecule has 0 spiro atoms. The van der Waals surface area contributed by atoms with Crippen molar-refractivity contribution in [2.24, 2.45) is 5.92 Å². The maximum absolute atomic E-state index is 13.3. The molecule has 0 N–H and O–H groups in total. The number of nitrogens with zero attached hydrogens (tertiary/aromatic N) is 7. The van der Waals surface area contributed by atoms with E-state index >= 15 is 0 Å². The van der Waals surface area contributed by atoms with E-state index in [0.717, 1.165) is 31.6 Å². The van der Waals surface area contributed by atoms with Gasteiger partial charge >= 0.3 is 6.18 Å². The quantitative estimate of drug-likeness (QED) is 0.459. The van der Waals surface area contributed by atoms with Gasteiger partial charge in [-0.15, -0.1) is 5.10 Å². The van der Waals surface area contributed by atoms with Gasteiger partial charge in [0.2, 0.25) is 0 Å². The highest BCUT2D eigenvalue weighted by Crippen LogP contribution is 2.38. The molecule has 34 heavy (non-hydrogen) atoms. The van der Waals surface area contributed by atoms with Crippen molar-refractivity contribution in [2.75, 3.05) is 25.1 Å². The van der Waals surface area contributed by atoms with Crippen LogP contribution in [0.2, 0.25) is 10.0 Å². The van der Waals surface area contributed by atoms with Crippen LogP contribution in [0.5, 0.6) is 5.75 Å². The molecule has 1 aromatic carbocycles. The standard InChI is InChI=1S/C21H24Cl2F3N7O/c1-12-19(23)20(21(24,25)26)28-32(12)11-17(33-13(2)27-29-30-33)14-6-8-31(9-7-14)15-4-5-16(22)18(10-15)34-3/h4-5,10,14,17H,6-9,11H2,1-3H3. The molecule has 1 aliphatic heterocycles. The first-order valence-electron chi connectivity index (χ1n) is 10.7. The summed E-state index contributed by atoms with van der Waals surface area (Å²) in [6, 6.07) is 5.37. The van der Waals surface area contributed by atoms with E-state index in [9.17, 15) is 13.2 Å². The van der Waals surface area contributed by atoms with Crippen molar-refractivity contribution in [3.8, 4) is 5.75 Å². The second-order valence-corrected chi connectivity index (χ2v) is 9.09. The molecule has 184 valence electrons. The second kappa shape index (κ2) is 9.61. The van der Waals surface area contributed by atoms with Crippen LogP contribution in [0.1, 0.15) is 36.1 Å². The number of hydrogen-bond donors (Lipinski definition) is 0. The Labute approximate surface area is 204 Å². The molecule has 1 aliphatic rings. The number of rotatable bonds is 6. The Bertz CT molecular complexity index is 1160. The Kier molecular flexibility index (Phi) is 6.95. The molecule has 0 aliphatic carbocycles. The van der Waals surface area contributed by atoms with Gasteiger partial charge < -0.3 is 9.64 Å². The SMILES string of the molecule is COc1cc(N2CCC(C(Cn3nc(C(F)(F)F)c(Cl)c3C)n3nnnc3C)CC2)ccc1Cl. The Balaban J connectivity index is 1.57. The number of hydrogen-bond acceptors (Lipinski definition) is 6. The van der Waals surface area contributed by atoms with E-state index in [2.05, 4.69) is 25.5 Å². The zero-order chi connectivity index (χ0) is 24.6. The number of piperidine rings is 1. The van der Waals surface area contributed by atoms with Crippen LogP contribution in [0.4, 0.5) is 18.9 Å². The number of methoxy groups -OCH3 is 1. The molecular weight excluding hydrogens is 494 g/mol. The lowest BCUT2D eigenvalue weighted by atomic mass is 9.89. The van der Waals surface area contributed by atoms with E-state index in [-0.39, 0.29) is 29.2 Å². The molecule has 0 radical (unpaired) electrons. The Morgan fingerprint density at radius 1 is 1.18 bits per heavy atom. The first-order chi connectivity index (χ1) is 16.1. The summed E-state index contributed by atoms with van der Waals surface area (Å²) in [5.74, 6) is 1.31. The van der Waals surface area contributed by atoms with Crippen LogP contribution in [0, 0.1) is 19.8 Å². The highest BCUT2D eigenvalue weighted by atomic mass is 35.5. The van der Waals surface area contributed by atoms with Gasteiger partial charge in [-0.05, 0) is 55.2 Å². The van der Waals surface area contributed by atoms with E-state index < -0.39 is 11.9 Å². The maximum atomic E-state index is 13.3. The van der Waals surface area contributed by atoms with Gasteiger partial charge in [-0.25, -0.2) is 4.68 Å². The van der Waals surface area contributed by atoms with E-state index in [1.54, 1.807) is 24.8 Å². The van der Waals surface area contributed by atoms with Gasteiger partial charge in [-0.2, -0.15) is 18.3 Å². The fourth-order valence-electron chi connectivity index (χ4n) is 4.42. The molecule has 8 nitrogen and oxygen atoms in total. The zero-order valence-electron chi connectivity index (χ0n) is 18.9. The van der Waals surface area contributed by atoms with E-state index in [4.69, 9.17) is 27.9 Å². The topological polar surface area (TPSA) is 73.9 Å². The van der Waals surface area contributed by atoms with Gasteiger partial charge in [0.15, 0.2) is 5.69 Å². The Morgan fingerprint density at radius 3 is 2.44 bits per heavy atom. The normalized spacial score (nSPS) is 16.2. The summed E-state index contributed by atoms with van der Waals surface area (Å²) in [4.78, 5) is 2.23. The average Bonchev–Trinajstić information content (AvgIpc) is 3.35.